The number of hydrogen-bond acceptors (Lipinski definition) is 10. The third kappa shape index (κ3) is 7.90. The topological polar surface area (TPSA) is 100 Å². The van der Waals surface area contributed by atoms with Gasteiger partial charge in [-0.15, -0.1) is 0 Å². The number of carbonyl (C=O) groups is 1. The molecule has 4 aliphatic heterocycles. The molecule has 13 heteroatoms. The number of carbonyl (C=O) groups excluding carboxylic acids is 1. The van der Waals surface area contributed by atoms with Gasteiger partial charge in [0, 0.05) is 74.5 Å². The van der Waals surface area contributed by atoms with Crippen LogP contribution in [0.3, 0.4) is 0 Å². The summed E-state index contributed by atoms with van der Waals surface area (Å²) in [7, 11) is 1.25. The van der Waals surface area contributed by atoms with Gasteiger partial charge in [-0.1, -0.05) is 0 Å². The minimum absolute atomic E-state index is 0.0253. The van der Waals surface area contributed by atoms with Gasteiger partial charge in [-0.05, 0) is 75.7 Å². The van der Waals surface area contributed by atoms with Crippen molar-refractivity contribution in [2.45, 2.75) is 61.6 Å². The van der Waals surface area contributed by atoms with Crippen LogP contribution in [0.2, 0.25) is 0 Å². The zero-order chi connectivity index (χ0) is 33.9. The van der Waals surface area contributed by atoms with Crippen LogP contribution in [0.15, 0.2) is 35.1 Å². The quantitative estimate of drug-likeness (QED) is 0.297. The number of thioether (sulfide) groups is 1. The summed E-state index contributed by atoms with van der Waals surface area (Å²) in [6.45, 7) is 7.95. The largest absolute Gasteiger partial charge is 0.493 e. The molecule has 4 fully saturated rings. The van der Waals surface area contributed by atoms with Crippen molar-refractivity contribution in [1.82, 2.24) is 19.8 Å². The SMILES string of the molecule is COC(=O)c1ccc(N2CCC(N3CC(N4CCC(COc5cc(F)c6c(=O)[nH]c(CSC7CCOCC7)nc6c5)CC4)C3)CC2)cc1F. The van der Waals surface area contributed by atoms with Crippen LogP contribution >= 0.6 is 11.8 Å². The number of esters is 1. The molecule has 0 amide bonds. The molecule has 2 aromatic carbocycles. The summed E-state index contributed by atoms with van der Waals surface area (Å²) in [6.07, 6.45) is 6.09. The molecule has 0 bridgehead atoms. The van der Waals surface area contributed by atoms with Gasteiger partial charge in [-0.25, -0.2) is 18.6 Å². The van der Waals surface area contributed by atoms with Crippen LogP contribution in [-0.2, 0) is 15.2 Å². The van der Waals surface area contributed by atoms with Gasteiger partial charge >= 0.3 is 5.97 Å². The Morgan fingerprint density at radius 3 is 2.43 bits per heavy atom. The minimum atomic E-state index is -0.660. The number of nitrogens with zero attached hydrogens (tertiary/aromatic N) is 4. The zero-order valence-corrected chi connectivity index (χ0v) is 28.8. The second-order valence-electron chi connectivity index (χ2n) is 13.7. The number of rotatable bonds is 10. The van der Waals surface area contributed by atoms with Crippen LogP contribution in [-0.4, -0.2) is 109 Å². The monoisotopic (exact) mass is 697 g/mol. The van der Waals surface area contributed by atoms with E-state index in [9.17, 15) is 18.4 Å². The van der Waals surface area contributed by atoms with Gasteiger partial charge in [-0.2, -0.15) is 11.8 Å². The highest BCUT2D eigenvalue weighted by atomic mass is 32.2. The molecule has 1 aromatic heterocycles. The van der Waals surface area contributed by atoms with Crippen molar-refractivity contribution < 1.29 is 27.8 Å². The molecule has 0 aliphatic carbocycles. The second kappa shape index (κ2) is 15.3. The molecule has 0 saturated carbocycles. The van der Waals surface area contributed by atoms with E-state index in [1.54, 1.807) is 23.9 Å². The lowest BCUT2D eigenvalue weighted by molar-refractivity contribution is -0.0181. The van der Waals surface area contributed by atoms with Gasteiger partial charge < -0.3 is 24.1 Å². The highest BCUT2D eigenvalue weighted by Gasteiger charge is 2.38. The summed E-state index contributed by atoms with van der Waals surface area (Å²) in [4.78, 5) is 39.1. The number of anilines is 1. The fourth-order valence-corrected chi connectivity index (χ4v) is 8.68. The number of aromatic nitrogens is 2. The third-order valence-electron chi connectivity index (χ3n) is 10.7. The molecule has 7 rings (SSSR count). The maximum absolute atomic E-state index is 15.0. The van der Waals surface area contributed by atoms with Crippen molar-refractivity contribution in [3.8, 4) is 5.75 Å². The molecule has 3 aromatic rings. The van der Waals surface area contributed by atoms with E-state index in [4.69, 9.17) is 9.47 Å². The van der Waals surface area contributed by atoms with E-state index < -0.39 is 23.2 Å². The number of likely N-dealkylation sites (tertiary alicyclic amines) is 2. The highest BCUT2D eigenvalue weighted by Crippen LogP contribution is 2.31. The zero-order valence-electron chi connectivity index (χ0n) is 28.0. The number of methoxy groups -OCH3 is 1. The highest BCUT2D eigenvalue weighted by molar-refractivity contribution is 7.99. The molecule has 4 saturated heterocycles. The Morgan fingerprint density at radius 1 is 0.959 bits per heavy atom. The van der Waals surface area contributed by atoms with Crippen molar-refractivity contribution in [3.05, 3.63) is 63.7 Å². The third-order valence-corrected chi connectivity index (χ3v) is 12.0. The van der Waals surface area contributed by atoms with Gasteiger partial charge in [0.1, 0.15) is 28.6 Å². The van der Waals surface area contributed by atoms with Crippen molar-refractivity contribution in [2.24, 2.45) is 5.92 Å². The van der Waals surface area contributed by atoms with E-state index in [0.717, 1.165) is 96.7 Å². The average Bonchev–Trinajstić information content (AvgIpc) is 3.10. The number of H-pyrrole nitrogens is 1. The molecular weight excluding hydrogens is 652 g/mol. The maximum atomic E-state index is 15.0. The van der Waals surface area contributed by atoms with Crippen molar-refractivity contribution >= 4 is 34.3 Å². The number of hydrogen-bond donors (Lipinski definition) is 1. The average molecular weight is 698 g/mol. The summed E-state index contributed by atoms with van der Waals surface area (Å²) < 4.78 is 45.6. The fourth-order valence-electron chi connectivity index (χ4n) is 7.62. The normalized spacial score (nSPS) is 20.8. The van der Waals surface area contributed by atoms with Crippen LogP contribution in [0.1, 0.15) is 54.7 Å². The van der Waals surface area contributed by atoms with E-state index in [2.05, 4.69) is 29.4 Å². The van der Waals surface area contributed by atoms with Crippen molar-refractivity contribution in [1.29, 1.82) is 0 Å². The van der Waals surface area contributed by atoms with Gasteiger partial charge in [0.05, 0.1) is 30.5 Å². The second-order valence-corrected chi connectivity index (χ2v) is 15.0. The van der Waals surface area contributed by atoms with Crippen LogP contribution in [0, 0.1) is 17.6 Å². The molecule has 0 unspecified atom stereocenters. The summed E-state index contributed by atoms with van der Waals surface area (Å²) >= 11 is 1.75. The number of fused-ring (bicyclic) bond motifs is 1. The molecule has 1 N–H and O–H groups in total. The molecular formula is C36H45F2N5O5S. The molecule has 5 heterocycles. The number of nitrogens with one attached hydrogen (secondary N) is 1. The predicted molar refractivity (Wildman–Crippen MR) is 186 cm³/mol. The lowest BCUT2D eigenvalue weighted by atomic mass is 9.92. The lowest BCUT2D eigenvalue weighted by Crippen LogP contribution is -2.64. The Morgan fingerprint density at radius 2 is 1.71 bits per heavy atom. The standard InChI is InChI=1S/C36H45F2N5O5S/c1-46-36(45)29-3-2-25(16-30(29)37)41-12-6-24(7-13-41)43-19-26(20-43)42-10-4-23(5-11-42)21-48-27-17-31(38)34-32(18-27)39-33(40-35(34)44)22-49-28-8-14-47-15-9-28/h2-3,16-18,23-24,26,28H,4-15,19-22H2,1H3,(H,39,40,44). The first kappa shape index (κ1) is 34.2. The molecule has 264 valence electrons. The fraction of sp³-hybridized carbons (Fsp3) is 0.583. The smallest absolute Gasteiger partial charge is 0.340 e. The van der Waals surface area contributed by atoms with E-state index in [1.165, 1.54) is 25.3 Å². The summed E-state index contributed by atoms with van der Waals surface area (Å²) in [5.41, 5.74) is 0.648. The summed E-state index contributed by atoms with van der Waals surface area (Å²) in [5, 5.41) is 0.448. The summed E-state index contributed by atoms with van der Waals surface area (Å²) in [5.74, 6) is 0.111. The number of ether oxygens (including phenoxy) is 3. The molecule has 4 aliphatic rings. The first-order chi connectivity index (χ1) is 23.8. The van der Waals surface area contributed by atoms with Crippen LogP contribution in [0.4, 0.5) is 14.5 Å². The van der Waals surface area contributed by atoms with Gasteiger partial charge in [-0.3, -0.25) is 14.6 Å². The van der Waals surface area contributed by atoms with E-state index >= 15 is 0 Å². The Hall–Kier alpha value is -3.26. The first-order valence-electron chi connectivity index (χ1n) is 17.5. The Balaban J connectivity index is 0.841. The van der Waals surface area contributed by atoms with Crippen LogP contribution in [0.5, 0.6) is 5.75 Å². The molecule has 0 spiro atoms. The van der Waals surface area contributed by atoms with Gasteiger partial charge in [0.2, 0.25) is 0 Å². The minimum Gasteiger partial charge on any atom is -0.493 e. The van der Waals surface area contributed by atoms with Crippen molar-refractivity contribution in [2.75, 3.05) is 71.1 Å². The lowest BCUT2D eigenvalue weighted by Gasteiger charge is -2.52. The maximum Gasteiger partial charge on any atom is 0.340 e. The Kier molecular flexibility index (Phi) is 10.7. The van der Waals surface area contributed by atoms with E-state index in [0.29, 0.717) is 52.7 Å². The summed E-state index contributed by atoms with van der Waals surface area (Å²) in [6, 6.07) is 8.84. The number of benzene rings is 2. The molecule has 0 radical (unpaired) electrons. The van der Waals surface area contributed by atoms with E-state index in [1.807, 2.05) is 0 Å². The van der Waals surface area contributed by atoms with Gasteiger partial charge in [0.15, 0.2) is 0 Å². The van der Waals surface area contributed by atoms with Crippen molar-refractivity contribution in [3.63, 3.8) is 0 Å². The first-order valence-corrected chi connectivity index (χ1v) is 18.5. The van der Waals surface area contributed by atoms with Gasteiger partial charge in [0.25, 0.3) is 5.56 Å². The number of halogens is 2. The number of piperidine rings is 2. The predicted octanol–water partition coefficient (Wildman–Crippen LogP) is 4.84. The molecule has 0 atom stereocenters. The molecule has 49 heavy (non-hydrogen) atoms. The van der Waals surface area contributed by atoms with Crippen LogP contribution in [0.25, 0.3) is 10.9 Å². The Labute approximate surface area is 289 Å². The Bertz CT molecular complexity index is 1680. The molecule has 10 nitrogen and oxygen atoms in total. The van der Waals surface area contributed by atoms with E-state index in [-0.39, 0.29) is 10.9 Å². The van der Waals surface area contributed by atoms with Crippen LogP contribution < -0.4 is 15.2 Å². The number of aromatic amines is 1.